The predicted octanol–water partition coefficient (Wildman–Crippen LogP) is 1.23. The number of nitrogens with zero attached hydrogens (tertiary/aromatic N) is 3. The Kier molecular flexibility index (Phi) is 5.59. The van der Waals surface area contributed by atoms with Crippen molar-refractivity contribution in [1.82, 2.24) is 14.8 Å². The summed E-state index contributed by atoms with van der Waals surface area (Å²) < 4.78 is 6.57. The van der Waals surface area contributed by atoms with Gasteiger partial charge in [-0.1, -0.05) is 0 Å². The molecule has 2 aromatic rings. The van der Waals surface area contributed by atoms with Crippen molar-refractivity contribution in [3.8, 4) is 5.13 Å². The smallest absolute Gasteiger partial charge is 0.373 e. The highest BCUT2D eigenvalue weighted by Crippen LogP contribution is 2.16. The molecule has 0 saturated carbocycles. The molecule has 0 aliphatic carbocycles. The minimum atomic E-state index is -0.345. The van der Waals surface area contributed by atoms with Crippen LogP contribution in [0.25, 0.3) is 5.13 Å². The van der Waals surface area contributed by atoms with Gasteiger partial charge in [0, 0.05) is 11.6 Å². The van der Waals surface area contributed by atoms with Crippen LogP contribution >= 0.6 is 11.3 Å². The lowest BCUT2D eigenvalue weighted by Crippen LogP contribution is -2.06. The van der Waals surface area contributed by atoms with E-state index < -0.39 is 0 Å². The van der Waals surface area contributed by atoms with Crippen LogP contribution in [0.1, 0.15) is 23.0 Å². The van der Waals surface area contributed by atoms with Gasteiger partial charge in [-0.15, -0.1) is 11.3 Å². The van der Waals surface area contributed by atoms with Crippen LogP contribution < -0.4 is 0 Å². The van der Waals surface area contributed by atoms with Gasteiger partial charge < -0.3 is 4.74 Å². The predicted molar refractivity (Wildman–Crippen MR) is 64.9 cm³/mol. The molecule has 0 aromatic carbocycles. The van der Waals surface area contributed by atoms with E-state index in [1.165, 1.54) is 17.5 Å². The zero-order valence-electron chi connectivity index (χ0n) is 10.3. The maximum absolute atomic E-state index is 11.6. The van der Waals surface area contributed by atoms with E-state index in [2.05, 4.69) is 10.1 Å². The zero-order chi connectivity index (χ0) is 14.3. The van der Waals surface area contributed by atoms with Gasteiger partial charge in [-0.3, -0.25) is 0 Å². The summed E-state index contributed by atoms with van der Waals surface area (Å²) in [6, 6.07) is 0. The van der Waals surface area contributed by atoms with Crippen molar-refractivity contribution in [2.45, 2.75) is 13.8 Å². The Bertz CT molecular complexity index is 571. The van der Waals surface area contributed by atoms with Gasteiger partial charge >= 0.3 is 12.1 Å². The van der Waals surface area contributed by atoms with Crippen molar-refractivity contribution >= 4 is 23.5 Å². The monoisotopic (exact) mass is 281 g/mol. The maximum Gasteiger partial charge on any atom is 0.373 e. The average Bonchev–Trinajstić information content (AvgIpc) is 2.99. The molecule has 2 rings (SSSR count). The number of ether oxygens (including phenoxy) is 1. The van der Waals surface area contributed by atoms with E-state index in [4.69, 9.17) is 14.3 Å². The van der Waals surface area contributed by atoms with Crippen LogP contribution in [0, 0.1) is 6.92 Å². The fourth-order valence-electron chi connectivity index (χ4n) is 1.33. The molecule has 100 valence electrons. The van der Waals surface area contributed by atoms with Gasteiger partial charge in [0.05, 0.1) is 18.5 Å². The Morgan fingerprint density at radius 2 is 2.21 bits per heavy atom. The minimum Gasteiger partial charge on any atom is -0.462 e. The summed E-state index contributed by atoms with van der Waals surface area (Å²) in [6.07, 6.45) is 3.46. The number of hydrogen-bond donors (Lipinski definition) is 0. The molecule has 0 bridgehead atoms. The number of esters is 1. The van der Waals surface area contributed by atoms with E-state index in [-0.39, 0.29) is 12.1 Å². The zero-order valence-corrected chi connectivity index (χ0v) is 11.1. The topological polar surface area (TPSA) is 91.2 Å². The van der Waals surface area contributed by atoms with E-state index in [9.17, 15) is 4.79 Å². The molecule has 2 heterocycles. The Hall–Kier alpha value is -2.31. The number of rotatable bonds is 3. The highest BCUT2D eigenvalue weighted by molar-refractivity contribution is 7.12. The normalized spacial score (nSPS) is 9.16. The van der Waals surface area contributed by atoms with Crippen molar-refractivity contribution in [1.29, 1.82) is 0 Å². The molecular formula is C11H11N3O4S. The highest BCUT2D eigenvalue weighted by atomic mass is 32.1. The Balaban J connectivity index is 0.000000550. The first-order valence-electron chi connectivity index (χ1n) is 5.26. The van der Waals surface area contributed by atoms with Crippen molar-refractivity contribution in [3.63, 3.8) is 0 Å². The van der Waals surface area contributed by atoms with Gasteiger partial charge in [0.2, 0.25) is 5.13 Å². The maximum atomic E-state index is 11.6. The number of hydrogen-bond acceptors (Lipinski definition) is 7. The van der Waals surface area contributed by atoms with Crippen molar-refractivity contribution in [2.24, 2.45) is 0 Å². The molecular weight excluding hydrogens is 270 g/mol. The van der Waals surface area contributed by atoms with E-state index in [1.54, 1.807) is 17.8 Å². The minimum absolute atomic E-state index is 0.250. The van der Waals surface area contributed by atoms with Crippen LogP contribution in [0.2, 0.25) is 0 Å². The third-order valence-electron chi connectivity index (χ3n) is 2.11. The molecule has 0 radical (unpaired) electrons. The van der Waals surface area contributed by atoms with E-state index in [0.29, 0.717) is 12.2 Å². The number of thiazole rings is 1. The summed E-state index contributed by atoms with van der Waals surface area (Å²) in [5, 5.41) is 6.73. The quantitative estimate of drug-likeness (QED) is 0.786. The summed E-state index contributed by atoms with van der Waals surface area (Å²) in [5.41, 5.74) is 1.23. The molecule has 7 nitrogen and oxygen atoms in total. The fraction of sp³-hybridized carbons (Fsp3) is 0.273. The second-order valence-electron chi connectivity index (χ2n) is 3.17. The average molecular weight is 281 g/mol. The molecule has 0 aliphatic heterocycles. The Morgan fingerprint density at radius 3 is 2.74 bits per heavy atom. The molecule has 0 saturated heterocycles. The fourth-order valence-corrected chi connectivity index (χ4v) is 1.98. The molecule has 0 spiro atoms. The molecule has 19 heavy (non-hydrogen) atoms. The van der Waals surface area contributed by atoms with Crippen molar-refractivity contribution in [2.75, 3.05) is 6.61 Å². The first-order chi connectivity index (χ1) is 9.15. The summed E-state index contributed by atoms with van der Waals surface area (Å²) in [7, 11) is 0. The Morgan fingerprint density at radius 1 is 1.53 bits per heavy atom. The van der Waals surface area contributed by atoms with Gasteiger partial charge in [-0.2, -0.15) is 14.7 Å². The highest BCUT2D eigenvalue weighted by Gasteiger charge is 2.16. The summed E-state index contributed by atoms with van der Waals surface area (Å²) in [6.45, 7) is 3.96. The summed E-state index contributed by atoms with van der Waals surface area (Å²) in [4.78, 5) is 31.9. The van der Waals surface area contributed by atoms with Gasteiger partial charge in [-0.25, -0.2) is 14.5 Å². The molecule has 0 atom stereocenters. The molecule has 0 amide bonds. The second-order valence-corrected chi connectivity index (χ2v) is 4.05. The van der Waals surface area contributed by atoms with Crippen LogP contribution in [0.15, 0.2) is 17.8 Å². The van der Waals surface area contributed by atoms with Crippen LogP contribution in [-0.4, -0.2) is 33.5 Å². The third kappa shape index (κ3) is 3.57. The van der Waals surface area contributed by atoms with Crippen LogP contribution in [0.3, 0.4) is 0 Å². The van der Waals surface area contributed by atoms with Crippen molar-refractivity contribution < 1.29 is 19.1 Å². The van der Waals surface area contributed by atoms with E-state index in [0.717, 1.165) is 10.8 Å². The Labute approximate surface area is 112 Å². The lowest BCUT2D eigenvalue weighted by Gasteiger charge is -2.01. The summed E-state index contributed by atoms with van der Waals surface area (Å²) >= 11 is 1.47. The first-order valence-corrected chi connectivity index (χ1v) is 6.14. The van der Waals surface area contributed by atoms with E-state index >= 15 is 0 Å². The van der Waals surface area contributed by atoms with Crippen LogP contribution in [-0.2, 0) is 14.3 Å². The molecule has 2 aromatic heterocycles. The first kappa shape index (κ1) is 14.7. The summed E-state index contributed by atoms with van der Waals surface area (Å²) in [5.74, 6) is -0.345. The van der Waals surface area contributed by atoms with Crippen molar-refractivity contribution in [3.05, 3.63) is 29.0 Å². The number of carbonyl (C=O) groups is 1. The molecule has 0 unspecified atom stereocenters. The van der Waals surface area contributed by atoms with Gasteiger partial charge in [-0.05, 0) is 13.8 Å². The number of aromatic nitrogens is 3. The second kappa shape index (κ2) is 7.20. The van der Waals surface area contributed by atoms with Gasteiger partial charge in [0.15, 0.2) is 0 Å². The third-order valence-corrected chi connectivity index (χ3v) is 2.85. The van der Waals surface area contributed by atoms with Gasteiger partial charge in [0.1, 0.15) is 5.56 Å². The lowest BCUT2D eigenvalue weighted by atomic mass is 10.3. The van der Waals surface area contributed by atoms with Crippen LogP contribution in [0.4, 0.5) is 0 Å². The standard InChI is InChI=1S/C10H11N3O2S.CO2/c1-3-15-9(14)8-6-12-13(7(8)2)10-11-4-5-16-10;2-1-3/h4-6H,3H2,1-2H3;. The molecule has 0 fully saturated rings. The SMILES string of the molecule is CCOC(=O)c1cnn(-c2nccs2)c1C.O=C=O. The largest absolute Gasteiger partial charge is 0.462 e. The lowest BCUT2D eigenvalue weighted by molar-refractivity contribution is -0.191. The van der Waals surface area contributed by atoms with Crippen LogP contribution in [0.5, 0.6) is 0 Å². The van der Waals surface area contributed by atoms with Gasteiger partial charge in [0.25, 0.3) is 0 Å². The van der Waals surface area contributed by atoms with E-state index in [1.807, 2.05) is 12.3 Å². The molecule has 8 heteroatoms. The number of carbonyl (C=O) groups excluding carboxylic acids is 3. The molecule has 0 aliphatic rings. The molecule has 0 N–H and O–H groups in total.